The molecule has 0 bridgehead atoms. The Hall–Kier alpha value is -3.19. The van der Waals surface area contributed by atoms with Crippen LogP contribution in [0, 0.1) is 0 Å². The number of aromatic nitrogens is 1. The summed E-state index contributed by atoms with van der Waals surface area (Å²) in [7, 11) is 1.53. The van der Waals surface area contributed by atoms with Gasteiger partial charge in [-0.05, 0) is 29.7 Å². The molecule has 7 heteroatoms. The summed E-state index contributed by atoms with van der Waals surface area (Å²) in [6.45, 7) is 4.88. The number of anilines is 1. The third-order valence-electron chi connectivity index (χ3n) is 4.66. The quantitative estimate of drug-likeness (QED) is 0.512. The smallest absolute Gasteiger partial charge is 0.251 e. The lowest BCUT2D eigenvalue weighted by Crippen LogP contribution is -2.35. The summed E-state index contributed by atoms with van der Waals surface area (Å²) < 4.78 is 0. The zero-order valence-electron chi connectivity index (χ0n) is 17.4. The number of carbonyl (C=O) groups is 2. The maximum absolute atomic E-state index is 12.2. The molecule has 0 saturated heterocycles. The van der Waals surface area contributed by atoms with E-state index in [0.717, 1.165) is 22.0 Å². The van der Waals surface area contributed by atoms with Crippen molar-refractivity contribution in [1.82, 2.24) is 15.6 Å². The van der Waals surface area contributed by atoms with Crippen molar-refractivity contribution in [3.8, 4) is 10.6 Å². The second kappa shape index (κ2) is 10.0. The van der Waals surface area contributed by atoms with Crippen LogP contribution in [-0.2, 0) is 11.3 Å². The molecule has 1 aromatic heterocycles. The molecule has 156 valence electrons. The van der Waals surface area contributed by atoms with Gasteiger partial charge in [-0.2, -0.15) is 0 Å². The van der Waals surface area contributed by atoms with Crippen LogP contribution in [0.25, 0.3) is 10.6 Å². The minimum absolute atomic E-state index is 0.0489. The lowest BCUT2D eigenvalue weighted by atomic mass is 10.0. The van der Waals surface area contributed by atoms with Gasteiger partial charge < -0.3 is 16.0 Å². The van der Waals surface area contributed by atoms with Crippen LogP contribution in [0.3, 0.4) is 0 Å². The number of thiazole rings is 1. The zero-order chi connectivity index (χ0) is 21.5. The van der Waals surface area contributed by atoms with Gasteiger partial charge in [0.2, 0.25) is 5.91 Å². The maximum atomic E-state index is 12.2. The third-order valence-corrected chi connectivity index (χ3v) is 5.60. The molecule has 0 unspecified atom stereocenters. The second-order valence-electron chi connectivity index (χ2n) is 7.21. The Morgan fingerprint density at radius 1 is 1.10 bits per heavy atom. The molecule has 0 radical (unpaired) electrons. The molecule has 0 saturated carbocycles. The first-order chi connectivity index (χ1) is 14.5. The van der Waals surface area contributed by atoms with Gasteiger partial charge in [0.15, 0.2) is 0 Å². The SMILES string of the molecule is CNC(=O)CNC(=O)c1cccc(NCc2csc(-c3ccc(C(C)C)cc3)n2)c1. The first-order valence-electron chi connectivity index (χ1n) is 9.83. The van der Waals surface area contributed by atoms with Crippen LogP contribution >= 0.6 is 11.3 Å². The van der Waals surface area contributed by atoms with Crippen LogP contribution in [-0.4, -0.2) is 30.4 Å². The molecule has 0 spiro atoms. The highest BCUT2D eigenvalue weighted by Gasteiger charge is 2.09. The van der Waals surface area contributed by atoms with Crippen molar-refractivity contribution < 1.29 is 9.59 Å². The Labute approximate surface area is 180 Å². The maximum Gasteiger partial charge on any atom is 0.251 e. The predicted octanol–water partition coefficient (Wildman–Crippen LogP) is 4.02. The average Bonchev–Trinajstić information content (AvgIpc) is 3.25. The van der Waals surface area contributed by atoms with Gasteiger partial charge in [0.1, 0.15) is 5.01 Å². The number of carbonyl (C=O) groups excluding carboxylic acids is 2. The van der Waals surface area contributed by atoms with Crippen molar-refractivity contribution in [2.75, 3.05) is 18.9 Å². The summed E-state index contributed by atoms with van der Waals surface area (Å²) in [4.78, 5) is 28.2. The van der Waals surface area contributed by atoms with Gasteiger partial charge in [0, 0.05) is 29.2 Å². The van der Waals surface area contributed by atoms with Gasteiger partial charge in [0.05, 0.1) is 18.8 Å². The van der Waals surface area contributed by atoms with Crippen LogP contribution in [0.1, 0.15) is 41.4 Å². The largest absolute Gasteiger partial charge is 0.379 e. The molecule has 30 heavy (non-hydrogen) atoms. The highest BCUT2D eigenvalue weighted by molar-refractivity contribution is 7.13. The summed E-state index contributed by atoms with van der Waals surface area (Å²) in [5, 5.41) is 11.4. The van der Waals surface area contributed by atoms with E-state index >= 15 is 0 Å². The summed E-state index contributed by atoms with van der Waals surface area (Å²) >= 11 is 1.62. The first kappa shape index (κ1) is 21.5. The molecule has 1 heterocycles. The highest BCUT2D eigenvalue weighted by atomic mass is 32.1. The number of nitrogens with one attached hydrogen (secondary N) is 3. The van der Waals surface area contributed by atoms with E-state index in [2.05, 4.69) is 54.1 Å². The van der Waals surface area contributed by atoms with Gasteiger partial charge in [-0.25, -0.2) is 4.98 Å². The molecule has 6 nitrogen and oxygen atoms in total. The van der Waals surface area contributed by atoms with Crippen molar-refractivity contribution in [2.45, 2.75) is 26.3 Å². The number of benzene rings is 2. The van der Waals surface area contributed by atoms with Gasteiger partial charge in [0.25, 0.3) is 5.91 Å². The minimum atomic E-state index is -0.289. The van der Waals surface area contributed by atoms with Crippen molar-refractivity contribution in [3.63, 3.8) is 0 Å². The third kappa shape index (κ3) is 5.67. The number of likely N-dealkylation sites (N-methyl/N-ethyl adjacent to an activating group) is 1. The van der Waals surface area contributed by atoms with Gasteiger partial charge in [-0.1, -0.05) is 44.2 Å². The molecule has 0 aliphatic heterocycles. The Balaban J connectivity index is 1.60. The molecule has 3 N–H and O–H groups in total. The fourth-order valence-electron chi connectivity index (χ4n) is 2.85. The van der Waals surface area contributed by atoms with Crippen LogP contribution in [0.5, 0.6) is 0 Å². The Morgan fingerprint density at radius 3 is 2.57 bits per heavy atom. The van der Waals surface area contributed by atoms with E-state index < -0.39 is 0 Å². The van der Waals surface area contributed by atoms with Crippen LogP contribution in [0.2, 0.25) is 0 Å². The lowest BCUT2D eigenvalue weighted by molar-refractivity contribution is -0.119. The van der Waals surface area contributed by atoms with Gasteiger partial charge in [-0.3, -0.25) is 9.59 Å². The van der Waals surface area contributed by atoms with E-state index in [9.17, 15) is 9.59 Å². The molecule has 3 aromatic rings. The molecule has 2 aromatic carbocycles. The zero-order valence-corrected chi connectivity index (χ0v) is 18.2. The summed E-state index contributed by atoms with van der Waals surface area (Å²) in [6, 6.07) is 15.7. The Bertz CT molecular complexity index is 1010. The topological polar surface area (TPSA) is 83.1 Å². The molecule has 3 rings (SSSR count). The number of hydrogen-bond acceptors (Lipinski definition) is 5. The van der Waals surface area contributed by atoms with E-state index in [0.29, 0.717) is 18.0 Å². The number of hydrogen-bond donors (Lipinski definition) is 3. The lowest BCUT2D eigenvalue weighted by Gasteiger charge is -2.08. The van der Waals surface area contributed by atoms with Gasteiger partial charge in [-0.15, -0.1) is 11.3 Å². The number of amides is 2. The highest BCUT2D eigenvalue weighted by Crippen LogP contribution is 2.26. The molecule has 0 aliphatic carbocycles. The number of rotatable bonds is 8. The molecule has 0 atom stereocenters. The Kier molecular flexibility index (Phi) is 7.19. The normalized spacial score (nSPS) is 10.7. The molecular weight excluding hydrogens is 396 g/mol. The molecule has 0 aliphatic rings. The average molecular weight is 423 g/mol. The predicted molar refractivity (Wildman–Crippen MR) is 122 cm³/mol. The summed E-state index contributed by atoms with van der Waals surface area (Å²) in [6.07, 6.45) is 0. The molecular formula is C23H26N4O2S. The standard InChI is InChI=1S/C23H26N4O2S/c1-15(2)16-7-9-17(10-8-16)23-27-20(14-30-23)12-25-19-6-4-5-18(11-19)22(29)26-13-21(28)24-3/h4-11,14-15,25H,12-13H2,1-3H3,(H,24,28)(H,26,29). The summed E-state index contributed by atoms with van der Waals surface area (Å²) in [5.41, 5.74) is 4.69. The van der Waals surface area contributed by atoms with Gasteiger partial charge >= 0.3 is 0 Å². The van der Waals surface area contributed by atoms with Crippen molar-refractivity contribution in [3.05, 3.63) is 70.7 Å². The van der Waals surface area contributed by atoms with Crippen LogP contribution in [0.4, 0.5) is 5.69 Å². The van der Waals surface area contributed by atoms with Crippen molar-refractivity contribution >= 4 is 28.8 Å². The monoisotopic (exact) mass is 422 g/mol. The summed E-state index contributed by atoms with van der Waals surface area (Å²) in [5.74, 6) is -0.0180. The number of nitrogens with zero attached hydrogens (tertiary/aromatic N) is 1. The fourth-order valence-corrected chi connectivity index (χ4v) is 3.67. The van der Waals surface area contributed by atoms with E-state index in [1.807, 2.05) is 11.4 Å². The van der Waals surface area contributed by atoms with Crippen LogP contribution < -0.4 is 16.0 Å². The first-order valence-corrected chi connectivity index (χ1v) is 10.7. The van der Waals surface area contributed by atoms with E-state index in [1.54, 1.807) is 29.5 Å². The van der Waals surface area contributed by atoms with E-state index in [4.69, 9.17) is 4.98 Å². The van der Waals surface area contributed by atoms with Crippen molar-refractivity contribution in [2.24, 2.45) is 0 Å². The second-order valence-corrected chi connectivity index (χ2v) is 8.07. The molecule has 0 fully saturated rings. The van der Waals surface area contributed by atoms with E-state index in [1.165, 1.54) is 12.6 Å². The Morgan fingerprint density at radius 2 is 1.87 bits per heavy atom. The minimum Gasteiger partial charge on any atom is -0.379 e. The molecule has 2 amide bonds. The van der Waals surface area contributed by atoms with Crippen molar-refractivity contribution in [1.29, 1.82) is 0 Å². The van der Waals surface area contributed by atoms with E-state index in [-0.39, 0.29) is 18.4 Å². The fraction of sp³-hybridized carbons (Fsp3) is 0.261. The van der Waals surface area contributed by atoms with Crippen LogP contribution in [0.15, 0.2) is 53.9 Å².